The summed E-state index contributed by atoms with van der Waals surface area (Å²) in [5.74, 6) is -1.22. The van der Waals surface area contributed by atoms with Crippen LogP contribution in [-0.4, -0.2) is 44.9 Å². The minimum atomic E-state index is -3.98. The molecule has 0 saturated heterocycles. The zero-order chi connectivity index (χ0) is 19.2. The van der Waals surface area contributed by atoms with Crippen LogP contribution < -0.4 is 5.14 Å². The number of benzene rings is 1. The van der Waals surface area contributed by atoms with Crippen LogP contribution in [0.5, 0.6) is 0 Å². The van der Waals surface area contributed by atoms with E-state index in [1.165, 1.54) is 11.0 Å². The van der Waals surface area contributed by atoms with Gasteiger partial charge in [0, 0.05) is 13.1 Å². The molecular weight excluding hydrogens is 344 g/mol. The van der Waals surface area contributed by atoms with Gasteiger partial charge in [-0.15, -0.1) is 13.2 Å². The van der Waals surface area contributed by atoms with Crippen LogP contribution >= 0.6 is 0 Å². The van der Waals surface area contributed by atoms with Gasteiger partial charge >= 0.3 is 5.97 Å². The third-order valence-corrected chi connectivity index (χ3v) is 4.58. The number of ether oxygens (including phenoxy) is 1. The summed E-state index contributed by atoms with van der Waals surface area (Å²) in [4.78, 5) is 25.5. The highest BCUT2D eigenvalue weighted by Crippen LogP contribution is 2.20. The van der Waals surface area contributed by atoms with E-state index in [9.17, 15) is 18.0 Å². The Bertz CT molecular complexity index is 790. The number of esters is 1. The molecule has 7 nitrogen and oxygen atoms in total. The lowest BCUT2D eigenvalue weighted by Gasteiger charge is -2.19. The van der Waals surface area contributed by atoms with E-state index in [1.54, 1.807) is 26.0 Å². The summed E-state index contributed by atoms with van der Waals surface area (Å²) in [5.41, 5.74) is 1.04. The monoisotopic (exact) mass is 366 g/mol. The molecule has 2 N–H and O–H groups in total. The Morgan fingerprint density at radius 1 is 1.20 bits per heavy atom. The van der Waals surface area contributed by atoms with Crippen LogP contribution in [0.4, 0.5) is 0 Å². The highest BCUT2D eigenvalue weighted by Gasteiger charge is 2.19. The van der Waals surface area contributed by atoms with E-state index in [4.69, 9.17) is 9.88 Å². The highest BCUT2D eigenvalue weighted by atomic mass is 32.2. The molecule has 1 aromatic rings. The number of amides is 1. The molecule has 0 aromatic heterocycles. The molecule has 0 fully saturated rings. The summed E-state index contributed by atoms with van der Waals surface area (Å²) in [6.07, 6.45) is 3.09. The third kappa shape index (κ3) is 5.54. The lowest BCUT2D eigenvalue weighted by molar-refractivity contribution is -0.133. The minimum Gasteiger partial charge on any atom is -0.452 e. The summed E-state index contributed by atoms with van der Waals surface area (Å²) in [6, 6.07) is 2.64. The second kappa shape index (κ2) is 8.59. The SMILES string of the molecule is C=CCN(CC=C)C(=O)COC(=O)c1cc(C)c(C)c(S(N)(=O)=O)c1. The van der Waals surface area contributed by atoms with Crippen molar-refractivity contribution in [1.82, 2.24) is 4.90 Å². The molecule has 0 aliphatic carbocycles. The first kappa shape index (κ1) is 20.6. The molecule has 0 aliphatic heterocycles. The molecule has 25 heavy (non-hydrogen) atoms. The Balaban J connectivity index is 2.95. The van der Waals surface area contributed by atoms with E-state index in [1.807, 2.05) is 0 Å². The largest absolute Gasteiger partial charge is 0.452 e. The van der Waals surface area contributed by atoms with E-state index >= 15 is 0 Å². The molecule has 0 unspecified atom stereocenters. The van der Waals surface area contributed by atoms with Gasteiger partial charge in [-0.25, -0.2) is 18.4 Å². The van der Waals surface area contributed by atoms with Gasteiger partial charge in [0.15, 0.2) is 6.61 Å². The Morgan fingerprint density at radius 3 is 2.24 bits per heavy atom. The van der Waals surface area contributed by atoms with Crippen LogP contribution in [0, 0.1) is 13.8 Å². The van der Waals surface area contributed by atoms with Crippen LogP contribution in [0.1, 0.15) is 21.5 Å². The van der Waals surface area contributed by atoms with Crippen LogP contribution in [0.2, 0.25) is 0 Å². The van der Waals surface area contributed by atoms with Crippen molar-refractivity contribution in [3.05, 3.63) is 54.1 Å². The number of hydrogen-bond acceptors (Lipinski definition) is 5. The molecule has 1 rings (SSSR count). The van der Waals surface area contributed by atoms with Gasteiger partial charge in [0.1, 0.15) is 0 Å². The Labute approximate surface area is 147 Å². The van der Waals surface area contributed by atoms with Crippen LogP contribution in [0.25, 0.3) is 0 Å². The molecule has 0 bridgehead atoms. The van der Waals surface area contributed by atoms with Crippen LogP contribution in [0.3, 0.4) is 0 Å². The van der Waals surface area contributed by atoms with Gasteiger partial charge in [0.2, 0.25) is 10.0 Å². The zero-order valence-corrected chi connectivity index (χ0v) is 15.1. The Hall–Kier alpha value is -2.45. The van der Waals surface area contributed by atoms with Crippen molar-refractivity contribution < 1.29 is 22.7 Å². The number of aryl methyl sites for hydroxylation is 1. The number of carbonyl (C=O) groups is 2. The number of nitrogens with zero attached hydrogens (tertiary/aromatic N) is 1. The number of sulfonamides is 1. The quantitative estimate of drug-likeness (QED) is 0.551. The summed E-state index contributed by atoms with van der Waals surface area (Å²) in [7, 11) is -3.98. The molecule has 0 heterocycles. The average Bonchev–Trinajstić information content (AvgIpc) is 2.53. The van der Waals surface area contributed by atoms with Crippen LogP contribution in [0.15, 0.2) is 42.3 Å². The standard InChI is InChI=1S/C17H22N2O5S/c1-5-7-19(8-6-2)16(20)11-24-17(21)14-9-12(3)13(4)15(10-14)25(18,22)23/h5-6,9-10H,1-2,7-8,11H2,3-4H3,(H2,18,22,23). The number of hydrogen-bond donors (Lipinski definition) is 1. The predicted octanol–water partition coefficient (Wildman–Crippen LogP) is 1.31. The molecule has 8 heteroatoms. The van der Waals surface area contributed by atoms with Crippen LogP contribution in [-0.2, 0) is 19.6 Å². The maximum atomic E-state index is 12.2. The topological polar surface area (TPSA) is 107 Å². The van der Waals surface area contributed by atoms with Gasteiger partial charge in [-0.05, 0) is 37.1 Å². The van der Waals surface area contributed by atoms with Crippen molar-refractivity contribution in [3.8, 4) is 0 Å². The molecule has 0 spiro atoms. The molecule has 1 amide bonds. The summed E-state index contributed by atoms with van der Waals surface area (Å²) in [6.45, 7) is 10.5. The summed E-state index contributed by atoms with van der Waals surface area (Å²) in [5, 5.41) is 5.16. The summed E-state index contributed by atoms with van der Waals surface area (Å²) < 4.78 is 28.2. The van der Waals surface area contributed by atoms with Crippen molar-refractivity contribution in [2.75, 3.05) is 19.7 Å². The minimum absolute atomic E-state index is 0.0129. The number of nitrogens with two attached hydrogens (primary N) is 1. The lowest BCUT2D eigenvalue weighted by atomic mass is 10.1. The van der Waals surface area contributed by atoms with E-state index in [0.717, 1.165) is 6.07 Å². The maximum Gasteiger partial charge on any atom is 0.338 e. The second-order valence-electron chi connectivity index (χ2n) is 5.41. The van der Waals surface area contributed by atoms with Gasteiger partial charge in [-0.2, -0.15) is 0 Å². The van der Waals surface area contributed by atoms with Crippen molar-refractivity contribution in [1.29, 1.82) is 0 Å². The van der Waals surface area contributed by atoms with Gasteiger partial charge in [-0.3, -0.25) is 4.79 Å². The maximum absolute atomic E-state index is 12.2. The number of primary sulfonamides is 1. The first-order valence-electron chi connectivity index (χ1n) is 7.42. The summed E-state index contributed by atoms with van der Waals surface area (Å²) >= 11 is 0. The molecular formula is C17H22N2O5S. The fraction of sp³-hybridized carbons (Fsp3) is 0.294. The van der Waals surface area contributed by atoms with Gasteiger partial charge in [0.05, 0.1) is 10.5 Å². The van der Waals surface area contributed by atoms with E-state index in [0.29, 0.717) is 24.2 Å². The van der Waals surface area contributed by atoms with Crippen molar-refractivity contribution in [3.63, 3.8) is 0 Å². The third-order valence-electron chi connectivity index (χ3n) is 3.54. The zero-order valence-electron chi connectivity index (χ0n) is 14.3. The average molecular weight is 366 g/mol. The van der Waals surface area contributed by atoms with Crippen molar-refractivity contribution in [2.45, 2.75) is 18.7 Å². The Kier molecular flexibility index (Phi) is 7.08. The van der Waals surface area contributed by atoms with Gasteiger partial charge in [0.25, 0.3) is 5.91 Å². The molecule has 0 saturated carbocycles. The fourth-order valence-corrected chi connectivity index (χ4v) is 3.01. The van der Waals surface area contributed by atoms with Crippen molar-refractivity contribution >= 4 is 21.9 Å². The van der Waals surface area contributed by atoms with E-state index in [-0.39, 0.29) is 10.5 Å². The van der Waals surface area contributed by atoms with E-state index < -0.39 is 28.5 Å². The van der Waals surface area contributed by atoms with E-state index in [2.05, 4.69) is 13.2 Å². The van der Waals surface area contributed by atoms with Gasteiger partial charge < -0.3 is 9.64 Å². The fourth-order valence-electron chi connectivity index (χ4n) is 2.13. The second-order valence-corrected chi connectivity index (χ2v) is 6.94. The molecule has 1 aromatic carbocycles. The lowest BCUT2D eigenvalue weighted by Crippen LogP contribution is -2.35. The normalized spacial score (nSPS) is 10.8. The van der Waals surface area contributed by atoms with Crippen molar-refractivity contribution in [2.24, 2.45) is 5.14 Å². The molecule has 136 valence electrons. The number of rotatable bonds is 8. The molecule has 0 atom stereocenters. The highest BCUT2D eigenvalue weighted by molar-refractivity contribution is 7.89. The first-order chi connectivity index (χ1) is 11.6. The molecule has 0 radical (unpaired) electrons. The Morgan fingerprint density at radius 2 is 1.76 bits per heavy atom. The smallest absolute Gasteiger partial charge is 0.338 e. The molecule has 0 aliphatic rings. The first-order valence-corrected chi connectivity index (χ1v) is 8.97. The number of carbonyl (C=O) groups excluding carboxylic acids is 2. The predicted molar refractivity (Wildman–Crippen MR) is 94.5 cm³/mol. The van der Waals surface area contributed by atoms with Gasteiger partial charge in [-0.1, -0.05) is 12.2 Å².